The Morgan fingerprint density at radius 2 is 1.67 bits per heavy atom. The van der Waals surface area contributed by atoms with Crippen molar-refractivity contribution in [1.82, 2.24) is 14.8 Å². The van der Waals surface area contributed by atoms with Gasteiger partial charge >= 0.3 is 5.97 Å². The molecule has 0 spiro atoms. The molecule has 0 fully saturated rings. The van der Waals surface area contributed by atoms with Crippen LogP contribution in [0.4, 0.5) is 5.00 Å². The van der Waals surface area contributed by atoms with E-state index >= 15 is 0 Å². The molecule has 0 unspecified atom stereocenters. The number of hydrogen-bond donors (Lipinski definition) is 1. The second-order valence-electron chi connectivity index (χ2n) is 7.97. The topological polar surface area (TPSA) is 114 Å². The van der Waals surface area contributed by atoms with Crippen LogP contribution >= 0.6 is 34.7 Å². The van der Waals surface area contributed by atoms with Gasteiger partial charge in [0.1, 0.15) is 10.6 Å². The van der Waals surface area contributed by atoms with Gasteiger partial charge in [-0.2, -0.15) is 0 Å². The third-order valence-corrected chi connectivity index (χ3v) is 7.85. The van der Waals surface area contributed by atoms with E-state index in [9.17, 15) is 9.59 Å². The van der Waals surface area contributed by atoms with Gasteiger partial charge < -0.3 is 28.8 Å². The van der Waals surface area contributed by atoms with Crippen molar-refractivity contribution in [2.45, 2.75) is 5.16 Å². The highest BCUT2D eigenvalue weighted by Gasteiger charge is 2.23. The van der Waals surface area contributed by atoms with Crippen molar-refractivity contribution < 1.29 is 28.5 Å². The summed E-state index contributed by atoms with van der Waals surface area (Å²) >= 11 is 8.45. The van der Waals surface area contributed by atoms with E-state index in [2.05, 4.69) is 15.5 Å². The first-order valence-corrected chi connectivity index (χ1v) is 13.6. The van der Waals surface area contributed by atoms with Gasteiger partial charge in [0.2, 0.25) is 11.7 Å². The van der Waals surface area contributed by atoms with Gasteiger partial charge in [-0.1, -0.05) is 35.5 Å². The third-order valence-electron chi connectivity index (χ3n) is 5.68. The number of nitrogens with zero attached hydrogens (tertiary/aromatic N) is 3. The van der Waals surface area contributed by atoms with E-state index in [1.165, 1.54) is 51.5 Å². The lowest BCUT2D eigenvalue weighted by atomic mass is 10.0. The van der Waals surface area contributed by atoms with Crippen LogP contribution in [-0.4, -0.2) is 60.8 Å². The first-order valence-electron chi connectivity index (χ1n) is 11.4. The Hall–Kier alpha value is -3.74. The maximum atomic E-state index is 12.9. The summed E-state index contributed by atoms with van der Waals surface area (Å²) in [5.74, 6) is 1.17. The lowest BCUT2D eigenvalue weighted by Gasteiger charge is -2.14. The highest BCUT2D eigenvalue weighted by Crippen LogP contribution is 2.41. The van der Waals surface area contributed by atoms with E-state index in [0.717, 1.165) is 5.56 Å². The molecular weight excluding hydrogens is 564 g/mol. The number of carbonyl (C=O) groups is 2. The van der Waals surface area contributed by atoms with E-state index in [0.29, 0.717) is 49.4 Å². The van der Waals surface area contributed by atoms with Crippen molar-refractivity contribution in [3.63, 3.8) is 0 Å². The Bertz CT molecular complexity index is 1480. The quantitative estimate of drug-likeness (QED) is 0.192. The van der Waals surface area contributed by atoms with Crippen LogP contribution in [0.3, 0.4) is 0 Å². The van der Waals surface area contributed by atoms with E-state index < -0.39 is 5.97 Å². The van der Waals surface area contributed by atoms with Crippen LogP contribution < -0.4 is 19.5 Å². The first-order chi connectivity index (χ1) is 18.8. The molecule has 204 valence electrons. The molecule has 2 aromatic carbocycles. The van der Waals surface area contributed by atoms with Crippen LogP contribution in [0.15, 0.2) is 46.9 Å². The second-order valence-corrected chi connectivity index (χ2v) is 10.2. The van der Waals surface area contributed by atoms with Gasteiger partial charge in [0.05, 0.1) is 34.2 Å². The maximum Gasteiger partial charge on any atom is 0.341 e. The van der Waals surface area contributed by atoms with Crippen molar-refractivity contribution in [3.8, 4) is 39.8 Å². The number of rotatable bonds is 10. The van der Waals surface area contributed by atoms with Crippen molar-refractivity contribution >= 4 is 51.6 Å². The number of esters is 1. The molecule has 0 saturated carbocycles. The van der Waals surface area contributed by atoms with Gasteiger partial charge in [-0.3, -0.25) is 4.79 Å². The van der Waals surface area contributed by atoms with Gasteiger partial charge in [-0.25, -0.2) is 4.79 Å². The van der Waals surface area contributed by atoms with Gasteiger partial charge in [-0.05, 0) is 29.8 Å². The minimum atomic E-state index is -0.549. The predicted molar refractivity (Wildman–Crippen MR) is 152 cm³/mol. The van der Waals surface area contributed by atoms with Crippen LogP contribution in [0.5, 0.6) is 17.2 Å². The molecule has 4 aromatic rings. The SMILES string of the molecule is COC(=O)c1c(-c2ccc(Cl)cc2)csc1NC(=O)CSc1nnc(-c2cc(OC)c(OC)c(OC)c2)n1C. The Kier molecular flexibility index (Phi) is 9.00. The molecule has 0 bridgehead atoms. The van der Waals surface area contributed by atoms with Crippen molar-refractivity contribution in [1.29, 1.82) is 0 Å². The molecule has 2 aromatic heterocycles. The van der Waals surface area contributed by atoms with Crippen molar-refractivity contribution in [2.75, 3.05) is 39.5 Å². The molecule has 1 N–H and O–H groups in total. The van der Waals surface area contributed by atoms with Gasteiger partial charge in [0, 0.05) is 28.6 Å². The lowest BCUT2D eigenvalue weighted by Crippen LogP contribution is -2.16. The number of aromatic nitrogens is 3. The summed E-state index contributed by atoms with van der Waals surface area (Å²) in [5.41, 5.74) is 2.41. The first kappa shape index (κ1) is 28.3. The second kappa shape index (κ2) is 12.4. The lowest BCUT2D eigenvalue weighted by molar-refractivity contribution is -0.113. The number of ether oxygens (including phenoxy) is 4. The smallest absolute Gasteiger partial charge is 0.341 e. The summed E-state index contributed by atoms with van der Waals surface area (Å²) in [6, 6.07) is 10.6. The number of benzene rings is 2. The molecule has 10 nitrogen and oxygen atoms in total. The molecule has 0 radical (unpaired) electrons. The molecule has 0 aliphatic carbocycles. The van der Waals surface area contributed by atoms with Crippen LogP contribution in [0.25, 0.3) is 22.5 Å². The Morgan fingerprint density at radius 3 is 2.26 bits per heavy atom. The number of hydrogen-bond acceptors (Lipinski definition) is 10. The summed E-state index contributed by atoms with van der Waals surface area (Å²) < 4.78 is 23.0. The number of amides is 1. The predicted octanol–water partition coefficient (Wildman–Crippen LogP) is 5.41. The van der Waals surface area contributed by atoms with Crippen molar-refractivity contribution in [2.24, 2.45) is 7.05 Å². The number of methoxy groups -OCH3 is 4. The van der Waals surface area contributed by atoms with Gasteiger partial charge in [0.25, 0.3) is 0 Å². The molecule has 1 amide bonds. The minimum absolute atomic E-state index is 0.0377. The molecule has 0 saturated heterocycles. The summed E-state index contributed by atoms with van der Waals surface area (Å²) in [4.78, 5) is 25.5. The molecular formula is C26H25ClN4O6S2. The van der Waals surface area contributed by atoms with E-state index in [4.69, 9.17) is 30.5 Å². The fourth-order valence-electron chi connectivity index (χ4n) is 3.79. The molecule has 2 heterocycles. The number of thiophene rings is 1. The highest BCUT2D eigenvalue weighted by atomic mass is 35.5. The Balaban J connectivity index is 1.51. The third kappa shape index (κ3) is 5.97. The van der Waals surface area contributed by atoms with E-state index in [-0.39, 0.29) is 17.2 Å². The zero-order valence-corrected chi connectivity index (χ0v) is 24.1. The number of thioether (sulfide) groups is 1. The number of nitrogens with one attached hydrogen (secondary N) is 1. The average molecular weight is 589 g/mol. The summed E-state index contributed by atoms with van der Waals surface area (Å²) in [6.07, 6.45) is 0. The van der Waals surface area contributed by atoms with Crippen molar-refractivity contribution in [3.05, 3.63) is 52.4 Å². The van der Waals surface area contributed by atoms with Crippen LogP contribution in [-0.2, 0) is 16.6 Å². The molecule has 0 atom stereocenters. The molecule has 13 heteroatoms. The van der Waals surface area contributed by atoms with Crippen LogP contribution in [0, 0.1) is 0 Å². The number of halogens is 1. The fraction of sp³-hybridized carbons (Fsp3) is 0.231. The fourth-order valence-corrected chi connectivity index (χ4v) is 5.60. The largest absolute Gasteiger partial charge is 0.493 e. The summed E-state index contributed by atoms with van der Waals surface area (Å²) in [7, 11) is 7.70. The Labute approximate surface area is 238 Å². The highest BCUT2D eigenvalue weighted by molar-refractivity contribution is 7.99. The monoisotopic (exact) mass is 588 g/mol. The molecule has 4 rings (SSSR count). The normalized spacial score (nSPS) is 10.7. The van der Waals surface area contributed by atoms with Crippen LogP contribution in [0.1, 0.15) is 10.4 Å². The van der Waals surface area contributed by atoms with Gasteiger partial charge in [-0.15, -0.1) is 21.5 Å². The molecule has 0 aliphatic heterocycles. The molecule has 0 aliphatic rings. The summed E-state index contributed by atoms with van der Waals surface area (Å²) in [6.45, 7) is 0. The van der Waals surface area contributed by atoms with E-state index in [1.54, 1.807) is 53.4 Å². The zero-order valence-electron chi connectivity index (χ0n) is 21.7. The standard InChI is InChI=1S/C26H25ClN4O6S2/c1-31-23(15-10-18(34-2)22(36-4)19(11-15)35-3)29-30-26(31)39-13-20(32)28-24-21(25(33)37-5)17(12-38-24)14-6-8-16(27)9-7-14/h6-12H,13H2,1-5H3,(H,28,32). The average Bonchev–Trinajstić information content (AvgIpc) is 3.53. The zero-order chi connectivity index (χ0) is 28.1. The maximum absolute atomic E-state index is 12.9. The number of carbonyl (C=O) groups excluding carboxylic acids is 2. The molecule has 39 heavy (non-hydrogen) atoms. The van der Waals surface area contributed by atoms with Crippen LogP contribution in [0.2, 0.25) is 5.02 Å². The Morgan fingerprint density at radius 1 is 1.00 bits per heavy atom. The minimum Gasteiger partial charge on any atom is -0.493 e. The van der Waals surface area contributed by atoms with E-state index in [1.807, 2.05) is 0 Å². The number of anilines is 1. The van der Waals surface area contributed by atoms with Gasteiger partial charge in [0.15, 0.2) is 22.5 Å². The summed E-state index contributed by atoms with van der Waals surface area (Å²) in [5, 5.41) is 14.6.